The van der Waals surface area contributed by atoms with Crippen LogP contribution in [0.2, 0.25) is 10.0 Å². The fraction of sp³-hybridized carbons (Fsp3) is 0.375. The van der Waals surface area contributed by atoms with E-state index in [9.17, 15) is 4.79 Å². The second kappa shape index (κ2) is 11.8. The summed E-state index contributed by atoms with van der Waals surface area (Å²) in [7, 11) is 3.99. The molecule has 0 radical (unpaired) electrons. The third kappa shape index (κ3) is 6.34. The number of amides is 2. The van der Waals surface area contributed by atoms with Crippen molar-refractivity contribution in [1.29, 1.82) is 0 Å². The molecule has 0 aliphatic heterocycles. The van der Waals surface area contributed by atoms with Crippen LogP contribution in [0.3, 0.4) is 0 Å². The van der Waals surface area contributed by atoms with E-state index >= 15 is 0 Å². The average molecular weight is 524 g/mol. The van der Waals surface area contributed by atoms with Crippen molar-refractivity contribution < 1.29 is 4.79 Å². The molecule has 1 heterocycles. The Balaban J connectivity index is 0.00000324. The highest BCUT2D eigenvalue weighted by molar-refractivity contribution is 6.39. The van der Waals surface area contributed by atoms with E-state index in [2.05, 4.69) is 16.0 Å². The molecule has 2 amide bonds. The van der Waals surface area contributed by atoms with Crippen molar-refractivity contribution >= 4 is 70.0 Å². The predicted molar refractivity (Wildman–Crippen MR) is 144 cm³/mol. The normalized spacial score (nSPS) is 17.5. The van der Waals surface area contributed by atoms with Crippen molar-refractivity contribution in [1.82, 2.24) is 15.3 Å². The van der Waals surface area contributed by atoms with Crippen LogP contribution < -0.4 is 20.9 Å². The molecule has 1 aromatic heterocycles. The van der Waals surface area contributed by atoms with E-state index in [1.54, 1.807) is 18.2 Å². The van der Waals surface area contributed by atoms with Gasteiger partial charge in [0.25, 0.3) is 0 Å². The zero-order valence-corrected chi connectivity index (χ0v) is 21.5. The van der Waals surface area contributed by atoms with Crippen LogP contribution in [0.15, 0.2) is 42.5 Å². The van der Waals surface area contributed by atoms with E-state index in [0.717, 1.165) is 42.4 Å². The van der Waals surface area contributed by atoms with Gasteiger partial charge in [0.05, 0.1) is 21.2 Å². The predicted octanol–water partition coefficient (Wildman–Crippen LogP) is 6.22. The number of para-hydroxylation sites is 2. The van der Waals surface area contributed by atoms with Crippen molar-refractivity contribution in [3.63, 3.8) is 0 Å². The van der Waals surface area contributed by atoms with Crippen LogP contribution in [-0.2, 0) is 0 Å². The molecule has 1 aliphatic carbocycles. The van der Waals surface area contributed by atoms with Crippen molar-refractivity contribution in [2.75, 3.05) is 36.2 Å². The molecule has 1 fully saturated rings. The first-order valence-corrected chi connectivity index (χ1v) is 11.9. The number of carbonyl (C=O) groups is 1. The molecule has 0 spiro atoms. The standard InChI is InChI=1S/C24H28Cl2N6O.ClH/c1-32(2)22-17-6-3-4-9-20(17)29-23(31-22)28-16-12-10-15(11-13-16)14-27-24(33)30-21-18(25)7-5-8-19(21)26;/h3-9,15-16H,10-14H2,1-2H3,(H2,27,30,33)(H,28,29,31);1H/t15-,16+;. The number of aromatic nitrogens is 2. The van der Waals surface area contributed by atoms with E-state index < -0.39 is 0 Å². The maximum atomic E-state index is 12.3. The van der Waals surface area contributed by atoms with Crippen LogP contribution in [0.1, 0.15) is 25.7 Å². The first-order valence-electron chi connectivity index (χ1n) is 11.1. The van der Waals surface area contributed by atoms with Gasteiger partial charge in [-0.15, -0.1) is 12.4 Å². The summed E-state index contributed by atoms with van der Waals surface area (Å²) >= 11 is 12.2. The van der Waals surface area contributed by atoms with Gasteiger partial charge in [-0.05, 0) is 55.9 Å². The van der Waals surface area contributed by atoms with Crippen LogP contribution in [0, 0.1) is 5.92 Å². The number of hydrogen-bond donors (Lipinski definition) is 3. The van der Waals surface area contributed by atoms with Crippen LogP contribution in [0.4, 0.5) is 22.2 Å². The minimum Gasteiger partial charge on any atom is -0.362 e. The Kier molecular flexibility index (Phi) is 9.05. The molecular formula is C24H29Cl3N6O. The zero-order chi connectivity index (χ0) is 23.4. The molecule has 3 N–H and O–H groups in total. The zero-order valence-electron chi connectivity index (χ0n) is 19.1. The lowest BCUT2D eigenvalue weighted by molar-refractivity contribution is 0.246. The fourth-order valence-electron chi connectivity index (χ4n) is 4.17. The SMILES string of the molecule is CN(C)c1nc(N[C@H]2CC[C@@H](CNC(=O)Nc3c(Cl)cccc3Cl)CC2)nc2ccccc12.Cl. The summed E-state index contributed by atoms with van der Waals surface area (Å²) in [4.78, 5) is 23.8. The van der Waals surface area contributed by atoms with Gasteiger partial charge in [-0.25, -0.2) is 9.78 Å². The van der Waals surface area contributed by atoms with E-state index in [1.165, 1.54) is 0 Å². The van der Waals surface area contributed by atoms with E-state index in [4.69, 9.17) is 33.2 Å². The summed E-state index contributed by atoms with van der Waals surface area (Å²) < 4.78 is 0. The Hall–Kier alpha value is -2.48. The van der Waals surface area contributed by atoms with E-state index in [-0.39, 0.29) is 18.4 Å². The number of carbonyl (C=O) groups excluding carboxylic acids is 1. The Bertz CT molecular complexity index is 1110. The van der Waals surface area contributed by atoms with Gasteiger partial charge in [-0.1, -0.05) is 41.4 Å². The van der Waals surface area contributed by atoms with Crippen molar-refractivity contribution in [3.8, 4) is 0 Å². The molecule has 7 nitrogen and oxygen atoms in total. The number of benzene rings is 2. The first-order chi connectivity index (χ1) is 15.9. The summed E-state index contributed by atoms with van der Waals surface area (Å²) in [6.45, 7) is 0.609. The van der Waals surface area contributed by atoms with Gasteiger partial charge in [0.15, 0.2) is 0 Å². The van der Waals surface area contributed by atoms with Gasteiger partial charge in [0, 0.05) is 32.1 Å². The molecule has 10 heteroatoms. The summed E-state index contributed by atoms with van der Waals surface area (Å²) in [5.41, 5.74) is 1.36. The third-order valence-electron chi connectivity index (χ3n) is 5.94. The Labute approximate surface area is 216 Å². The number of fused-ring (bicyclic) bond motifs is 1. The lowest BCUT2D eigenvalue weighted by atomic mass is 9.86. The van der Waals surface area contributed by atoms with Crippen LogP contribution >= 0.6 is 35.6 Å². The molecule has 0 unspecified atom stereocenters. The van der Waals surface area contributed by atoms with Crippen LogP contribution in [-0.4, -0.2) is 42.7 Å². The molecule has 2 aromatic carbocycles. The van der Waals surface area contributed by atoms with E-state index in [1.807, 2.05) is 43.3 Å². The smallest absolute Gasteiger partial charge is 0.319 e. The maximum absolute atomic E-state index is 12.3. The lowest BCUT2D eigenvalue weighted by Gasteiger charge is -2.29. The monoisotopic (exact) mass is 522 g/mol. The number of hydrogen-bond acceptors (Lipinski definition) is 5. The maximum Gasteiger partial charge on any atom is 0.319 e. The summed E-state index contributed by atoms with van der Waals surface area (Å²) in [6.07, 6.45) is 4.02. The topological polar surface area (TPSA) is 82.2 Å². The van der Waals surface area contributed by atoms with Crippen molar-refractivity contribution in [3.05, 3.63) is 52.5 Å². The Morgan fingerprint density at radius 3 is 2.35 bits per heavy atom. The number of anilines is 3. The van der Waals surface area contributed by atoms with Gasteiger partial charge >= 0.3 is 6.03 Å². The molecule has 4 rings (SSSR count). The van der Waals surface area contributed by atoms with Gasteiger partial charge in [0.2, 0.25) is 5.95 Å². The summed E-state index contributed by atoms with van der Waals surface area (Å²) in [5.74, 6) is 1.99. The molecule has 0 saturated heterocycles. The second-order valence-electron chi connectivity index (χ2n) is 8.58. The largest absolute Gasteiger partial charge is 0.362 e. The molecule has 1 aliphatic rings. The van der Waals surface area contributed by atoms with Gasteiger partial charge in [-0.2, -0.15) is 4.98 Å². The Morgan fingerprint density at radius 2 is 1.68 bits per heavy atom. The quantitative estimate of drug-likeness (QED) is 0.357. The molecule has 34 heavy (non-hydrogen) atoms. The average Bonchev–Trinajstić information content (AvgIpc) is 2.80. The molecule has 0 atom stereocenters. The molecule has 3 aromatic rings. The van der Waals surface area contributed by atoms with Crippen molar-refractivity contribution in [2.45, 2.75) is 31.7 Å². The first kappa shape index (κ1) is 26.1. The lowest BCUT2D eigenvalue weighted by Crippen LogP contribution is -2.36. The summed E-state index contributed by atoms with van der Waals surface area (Å²) in [6, 6.07) is 13.2. The van der Waals surface area contributed by atoms with Crippen LogP contribution in [0.25, 0.3) is 10.9 Å². The van der Waals surface area contributed by atoms with Gasteiger partial charge in [-0.3, -0.25) is 0 Å². The number of nitrogens with one attached hydrogen (secondary N) is 3. The number of rotatable bonds is 6. The van der Waals surface area contributed by atoms with Gasteiger partial charge in [0.1, 0.15) is 5.82 Å². The highest BCUT2D eigenvalue weighted by Gasteiger charge is 2.23. The van der Waals surface area contributed by atoms with Crippen molar-refractivity contribution in [2.24, 2.45) is 5.92 Å². The molecule has 1 saturated carbocycles. The molecule has 0 bridgehead atoms. The number of halogens is 3. The third-order valence-corrected chi connectivity index (χ3v) is 6.57. The second-order valence-corrected chi connectivity index (χ2v) is 9.39. The number of urea groups is 1. The minimum atomic E-state index is -0.300. The number of nitrogens with zero attached hydrogens (tertiary/aromatic N) is 3. The highest BCUT2D eigenvalue weighted by Crippen LogP contribution is 2.30. The minimum absolute atomic E-state index is 0. The molecule has 182 valence electrons. The summed E-state index contributed by atoms with van der Waals surface area (Å²) in [5, 5.41) is 11.1. The highest BCUT2D eigenvalue weighted by atomic mass is 35.5. The Morgan fingerprint density at radius 1 is 1.00 bits per heavy atom. The molecular weight excluding hydrogens is 495 g/mol. The van der Waals surface area contributed by atoms with Gasteiger partial charge < -0.3 is 20.9 Å². The fourth-order valence-corrected chi connectivity index (χ4v) is 4.66. The van der Waals surface area contributed by atoms with Crippen LogP contribution in [0.5, 0.6) is 0 Å². The van der Waals surface area contributed by atoms with E-state index in [0.29, 0.717) is 40.2 Å².